The Kier molecular flexibility index (Phi) is 4.37. The SMILES string of the molecule is CC(=O)OC[C@]12CC[C@H](F)C[C@@]13O[C@H]3C[C@H]1[C@@H]3CC[C@H](OC(C)=O)[C@@]3(C)CC[C@@H]12. The number of epoxide rings is 1. The monoisotopic (exact) mass is 408 g/mol. The van der Waals surface area contributed by atoms with Crippen molar-refractivity contribution < 1.29 is 28.2 Å². The third-order valence-corrected chi connectivity index (χ3v) is 9.47. The van der Waals surface area contributed by atoms with Crippen LogP contribution in [0.3, 0.4) is 0 Å². The molecule has 5 rings (SSSR count). The van der Waals surface area contributed by atoms with E-state index in [-0.39, 0.29) is 35.0 Å². The van der Waals surface area contributed by atoms with Crippen molar-refractivity contribution in [2.45, 2.75) is 96.1 Å². The van der Waals surface area contributed by atoms with Crippen LogP contribution in [0.25, 0.3) is 0 Å². The van der Waals surface area contributed by atoms with Crippen molar-refractivity contribution in [3.8, 4) is 0 Å². The molecule has 162 valence electrons. The normalized spacial score (nSPS) is 52.4. The molecule has 0 aromatic heterocycles. The first kappa shape index (κ1) is 19.8. The smallest absolute Gasteiger partial charge is 0.302 e. The van der Waals surface area contributed by atoms with Gasteiger partial charge in [0, 0.05) is 31.1 Å². The fourth-order valence-electron chi connectivity index (χ4n) is 8.26. The van der Waals surface area contributed by atoms with E-state index in [1.165, 1.54) is 13.8 Å². The van der Waals surface area contributed by atoms with Gasteiger partial charge in [0.2, 0.25) is 0 Å². The molecule has 0 aromatic carbocycles. The minimum absolute atomic E-state index is 0.00163. The fraction of sp³-hybridized carbons (Fsp3) is 0.913. The minimum atomic E-state index is -0.823. The topological polar surface area (TPSA) is 65.1 Å². The maximum atomic E-state index is 14.4. The fourth-order valence-corrected chi connectivity index (χ4v) is 8.26. The summed E-state index contributed by atoms with van der Waals surface area (Å²) in [5, 5.41) is 0. The van der Waals surface area contributed by atoms with E-state index in [0.29, 0.717) is 37.2 Å². The second-order valence-electron chi connectivity index (χ2n) is 10.6. The van der Waals surface area contributed by atoms with Gasteiger partial charge >= 0.3 is 11.9 Å². The molecule has 5 nitrogen and oxygen atoms in total. The Morgan fingerprint density at radius 2 is 1.86 bits per heavy atom. The number of rotatable bonds is 3. The van der Waals surface area contributed by atoms with Gasteiger partial charge in [0.1, 0.15) is 24.5 Å². The molecule has 5 fully saturated rings. The largest absolute Gasteiger partial charge is 0.465 e. The van der Waals surface area contributed by atoms with Gasteiger partial charge in [-0.05, 0) is 62.7 Å². The summed E-state index contributed by atoms with van der Waals surface area (Å²) in [6.45, 7) is 5.60. The Morgan fingerprint density at radius 1 is 1.07 bits per heavy atom. The van der Waals surface area contributed by atoms with Crippen molar-refractivity contribution in [2.75, 3.05) is 6.61 Å². The van der Waals surface area contributed by atoms with E-state index in [1.54, 1.807) is 0 Å². The summed E-state index contributed by atoms with van der Waals surface area (Å²) in [7, 11) is 0. The van der Waals surface area contributed by atoms with Gasteiger partial charge in [-0.1, -0.05) is 6.92 Å². The second kappa shape index (κ2) is 6.41. The van der Waals surface area contributed by atoms with Gasteiger partial charge < -0.3 is 14.2 Å². The number of esters is 2. The molecule has 4 aliphatic carbocycles. The Hall–Kier alpha value is -1.17. The summed E-state index contributed by atoms with van der Waals surface area (Å²) >= 11 is 0. The standard InChI is InChI=1S/C23H33FO5/c1-13(25)27-12-22-9-6-15(24)11-23(22)20(29-23)10-16-17-4-5-19(28-14(2)26)21(17,3)8-7-18(16)22/h15-20H,4-12H2,1-3H3/t15-,16-,17-,18-,19-,20-,21-,22-,23-/m0/s1. The van der Waals surface area contributed by atoms with E-state index in [2.05, 4.69) is 6.92 Å². The average Bonchev–Trinajstić information content (AvgIpc) is 3.24. The van der Waals surface area contributed by atoms with Crippen LogP contribution in [-0.2, 0) is 23.8 Å². The number of fused-ring (bicyclic) bond motifs is 4. The van der Waals surface area contributed by atoms with Gasteiger partial charge in [-0.2, -0.15) is 0 Å². The first-order chi connectivity index (χ1) is 13.7. The third kappa shape index (κ3) is 2.66. The van der Waals surface area contributed by atoms with Crippen LogP contribution in [0.15, 0.2) is 0 Å². The predicted octanol–water partition coefficient (Wildman–Crippen LogP) is 3.97. The maximum Gasteiger partial charge on any atom is 0.302 e. The van der Waals surface area contributed by atoms with Crippen LogP contribution in [0.5, 0.6) is 0 Å². The van der Waals surface area contributed by atoms with E-state index in [9.17, 15) is 14.0 Å². The van der Waals surface area contributed by atoms with Crippen LogP contribution in [0.2, 0.25) is 0 Å². The highest BCUT2D eigenvalue weighted by Crippen LogP contribution is 2.73. The van der Waals surface area contributed by atoms with Crippen LogP contribution in [0.4, 0.5) is 4.39 Å². The van der Waals surface area contributed by atoms with E-state index in [0.717, 1.165) is 38.5 Å². The number of ether oxygens (including phenoxy) is 3. The second-order valence-corrected chi connectivity index (χ2v) is 10.6. The molecular formula is C23H33FO5. The highest BCUT2D eigenvalue weighted by Gasteiger charge is 2.78. The summed E-state index contributed by atoms with van der Waals surface area (Å²) in [6, 6.07) is 0. The number of hydrogen-bond acceptors (Lipinski definition) is 5. The van der Waals surface area contributed by atoms with Gasteiger partial charge in [-0.25, -0.2) is 4.39 Å². The maximum absolute atomic E-state index is 14.4. The molecular weight excluding hydrogens is 375 g/mol. The number of hydrogen-bond donors (Lipinski definition) is 0. The average molecular weight is 409 g/mol. The zero-order chi connectivity index (χ0) is 20.6. The molecule has 4 saturated carbocycles. The van der Waals surface area contributed by atoms with Crippen molar-refractivity contribution in [1.82, 2.24) is 0 Å². The number of carbonyl (C=O) groups is 2. The van der Waals surface area contributed by atoms with Gasteiger partial charge in [0.15, 0.2) is 0 Å². The Bertz CT molecular complexity index is 726. The molecule has 0 radical (unpaired) electrons. The van der Waals surface area contributed by atoms with Crippen LogP contribution in [-0.4, -0.2) is 42.5 Å². The van der Waals surface area contributed by atoms with Gasteiger partial charge in [0.05, 0.1) is 6.10 Å². The Balaban J connectivity index is 1.47. The van der Waals surface area contributed by atoms with Crippen molar-refractivity contribution in [2.24, 2.45) is 28.6 Å². The van der Waals surface area contributed by atoms with Gasteiger partial charge in [-0.15, -0.1) is 0 Å². The summed E-state index contributed by atoms with van der Waals surface area (Å²) in [4.78, 5) is 23.3. The van der Waals surface area contributed by atoms with E-state index < -0.39 is 11.8 Å². The van der Waals surface area contributed by atoms with Crippen LogP contribution in [0.1, 0.15) is 72.1 Å². The summed E-state index contributed by atoms with van der Waals surface area (Å²) in [5.74, 6) is 0.849. The van der Waals surface area contributed by atoms with Crippen molar-refractivity contribution in [3.05, 3.63) is 0 Å². The highest BCUT2D eigenvalue weighted by atomic mass is 19.1. The van der Waals surface area contributed by atoms with Crippen molar-refractivity contribution in [3.63, 3.8) is 0 Å². The number of carbonyl (C=O) groups excluding carboxylic acids is 2. The van der Waals surface area contributed by atoms with Crippen molar-refractivity contribution >= 4 is 11.9 Å². The first-order valence-corrected chi connectivity index (χ1v) is 11.3. The van der Waals surface area contributed by atoms with E-state index in [4.69, 9.17) is 14.2 Å². The number of alkyl halides is 1. The van der Waals surface area contributed by atoms with Crippen LogP contribution in [0, 0.1) is 28.6 Å². The molecule has 0 bridgehead atoms. The predicted molar refractivity (Wildman–Crippen MR) is 103 cm³/mol. The lowest BCUT2D eigenvalue weighted by atomic mass is 9.44. The zero-order valence-electron chi connectivity index (χ0n) is 17.7. The Labute approximate surface area is 172 Å². The molecule has 29 heavy (non-hydrogen) atoms. The molecule has 0 aromatic rings. The van der Waals surface area contributed by atoms with Crippen molar-refractivity contribution in [1.29, 1.82) is 0 Å². The molecule has 6 heteroatoms. The minimum Gasteiger partial charge on any atom is -0.465 e. The molecule has 1 saturated heterocycles. The summed E-state index contributed by atoms with van der Waals surface area (Å²) in [6.07, 6.45) is 5.90. The quantitative estimate of drug-likeness (QED) is 0.522. The van der Waals surface area contributed by atoms with Gasteiger partial charge in [-0.3, -0.25) is 9.59 Å². The molecule has 1 spiro atoms. The summed E-state index contributed by atoms with van der Waals surface area (Å²) in [5.41, 5.74) is -0.708. The lowest BCUT2D eigenvalue weighted by Gasteiger charge is -2.59. The molecule has 0 amide bonds. The van der Waals surface area contributed by atoms with E-state index >= 15 is 0 Å². The third-order valence-electron chi connectivity index (χ3n) is 9.47. The molecule has 1 heterocycles. The van der Waals surface area contributed by atoms with Crippen LogP contribution < -0.4 is 0 Å². The lowest BCUT2D eigenvalue weighted by molar-refractivity contribution is -0.172. The Morgan fingerprint density at radius 3 is 2.59 bits per heavy atom. The molecule has 0 N–H and O–H groups in total. The number of halogens is 1. The molecule has 5 aliphatic rings. The zero-order valence-corrected chi connectivity index (χ0v) is 17.7. The van der Waals surface area contributed by atoms with Crippen LogP contribution >= 0.6 is 0 Å². The molecule has 0 unspecified atom stereocenters. The highest BCUT2D eigenvalue weighted by molar-refractivity contribution is 5.66. The molecule has 9 atom stereocenters. The van der Waals surface area contributed by atoms with Gasteiger partial charge in [0.25, 0.3) is 0 Å². The van der Waals surface area contributed by atoms with E-state index in [1.807, 2.05) is 0 Å². The molecule has 1 aliphatic heterocycles. The summed E-state index contributed by atoms with van der Waals surface area (Å²) < 4.78 is 32.1. The lowest BCUT2D eigenvalue weighted by Crippen LogP contribution is -2.61. The first-order valence-electron chi connectivity index (χ1n) is 11.3.